The third-order valence-corrected chi connectivity index (χ3v) is 5.01. The van der Waals surface area contributed by atoms with Gasteiger partial charge in [0.25, 0.3) is 5.91 Å². The van der Waals surface area contributed by atoms with Crippen LogP contribution in [0.25, 0.3) is 16.7 Å². The smallest absolute Gasteiger partial charge is 0.251 e. The summed E-state index contributed by atoms with van der Waals surface area (Å²) in [5.41, 5.74) is 8.32. The highest BCUT2D eigenvalue weighted by molar-refractivity contribution is 6.05. The van der Waals surface area contributed by atoms with Crippen LogP contribution >= 0.6 is 0 Å². The van der Waals surface area contributed by atoms with E-state index in [-0.39, 0.29) is 5.56 Å². The first-order valence-electron chi connectivity index (χ1n) is 8.29. The molecule has 0 unspecified atom stereocenters. The average Bonchev–Trinajstić information content (AvgIpc) is 3.11. The van der Waals surface area contributed by atoms with Crippen LogP contribution in [-0.4, -0.2) is 45.0 Å². The number of H-pyrrole nitrogens is 1. The minimum atomic E-state index is -0.659. The molecule has 0 radical (unpaired) electrons. The van der Waals surface area contributed by atoms with E-state index < -0.39 is 11.7 Å². The fourth-order valence-electron chi connectivity index (χ4n) is 3.66. The van der Waals surface area contributed by atoms with Gasteiger partial charge < -0.3 is 10.6 Å². The Morgan fingerprint density at radius 2 is 2.12 bits per heavy atom. The van der Waals surface area contributed by atoms with Gasteiger partial charge in [-0.25, -0.2) is 13.9 Å². The number of rotatable bonds is 3. The summed E-state index contributed by atoms with van der Waals surface area (Å²) in [6, 6.07) is 4.48. The minimum absolute atomic E-state index is 0.145. The number of nitrogens with one attached hydrogen (secondary N) is 1. The van der Waals surface area contributed by atoms with Crippen LogP contribution in [0, 0.1) is 5.82 Å². The van der Waals surface area contributed by atoms with Crippen LogP contribution in [0.5, 0.6) is 0 Å². The predicted molar refractivity (Wildman–Crippen MR) is 89.6 cm³/mol. The summed E-state index contributed by atoms with van der Waals surface area (Å²) in [4.78, 5) is 18.6. The topological polar surface area (TPSA) is 79.4 Å². The number of carbonyl (C=O) groups is 1. The number of imidazole rings is 1. The number of carbonyl (C=O) groups excluding carboxylic acids is 1. The molecule has 7 heteroatoms. The second-order valence-corrected chi connectivity index (χ2v) is 6.41. The maximum atomic E-state index is 13.7. The van der Waals surface area contributed by atoms with Gasteiger partial charge in [0.1, 0.15) is 11.3 Å². The van der Waals surface area contributed by atoms with Crippen LogP contribution in [-0.2, 0) is 0 Å². The van der Waals surface area contributed by atoms with Crippen LogP contribution < -0.4 is 5.73 Å². The Morgan fingerprint density at radius 3 is 2.79 bits per heavy atom. The van der Waals surface area contributed by atoms with E-state index in [0.29, 0.717) is 22.6 Å². The molecule has 6 nitrogen and oxygen atoms in total. The highest BCUT2D eigenvalue weighted by Crippen LogP contribution is 2.30. The molecule has 126 valence electrons. The highest BCUT2D eigenvalue weighted by atomic mass is 19.1. The van der Waals surface area contributed by atoms with Crippen molar-refractivity contribution >= 4 is 22.6 Å². The van der Waals surface area contributed by atoms with Gasteiger partial charge in [-0.05, 0) is 38.5 Å². The van der Waals surface area contributed by atoms with Gasteiger partial charge in [-0.3, -0.25) is 9.89 Å². The molecule has 24 heavy (non-hydrogen) atoms. The van der Waals surface area contributed by atoms with Gasteiger partial charge in [0.05, 0.1) is 11.1 Å². The van der Waals surface area contributed by atoms with Crippen molar-refractivity contribution in [1.82, 2.24) is 19.5 Å². The molecule has 2 aromatic heterocycles. The zero-order chi connectivity index (χ0) is 16.8. The number of halogens is 1. The first-order chi connectivity index (χ1) is 11.6. The van der Waals surface area contributed by atoms with Gasteiger partial charge in [-0.15, -0.1) is 0 Å². The Morgan fingerprint density at radius 1 is 1.38 bits per heavy atom. The van der Waals surface area contributed by atoms with Gasteiger partial charge in [0, 0.05) is 23.7 Å². The summed E-state index contributed by atoms with van der Waals surface area (Å²) in [5.74, 6) is -0.722. The third-order valence-electron chi connectivity index (χ3n) is 5.01. The number of aromatic nitrogens is 3. The van der Waals surface area contributed by atoms with E-state index in [9.17, 15) is 9.18 Å². The molecule has 3 aromatic rings. The number of primary amides is 1. The van der Waals surface area contributed by atoms with E-state index in [1.807, 2.05) is 6.07 Å². The molecule has 3 heterocycles. The van der Waals surface area contributed by atoms with Gasteiger partial charge in [0.15, 0.2) is 5.65 Å². The second-order valence-electron chi connectivity index (χ2n) is 6.41. The molecule has 3 N–H and O–H groups in total. The van der Waals surface area contributed by atoms with Crippen LogP contribution in [0.4, 0.5) is 4.39 Å². The summed E-state index contributed by atoms with van der Waals surface area (Å²) in [6.07, 6.45) is 2.18. The molecule has 0 aliphatic carbocycles. The summed E-state index contributed by atoms with van der Waals surface area (Å²) in [7, 11) is 0. The maximum absolute atomic E-state index is 13.7. The zero-order valence-electron chi connectivity index (χ0n) is 13.6. The zero-order valence-corrected chi connectivity index (χ0v) is 13.6. The molecule has 1 fully saturated rings. The van der Waals surface area contributed by atoms with Crippen molar-refractivity contribution in [2.75, 3.05) is 19.6 Å². The molecule has 4 rings (SSSR count). The average molecular weight is 329 g/mol. The highest BCUT2D eigenvalue weighted by Gasteiger charge is 2.23. The van der Waals surface area contributed by atoms with Gasteiger partial charge >= 0.3 is 0 Å². The Kier molecular flexibility index (Phi) is 3.53. The first kappa shape index (κ1) is 15.1. The SMILES string of the molecule is CCN1CCC(c2cc3nc4cc(F)cc(C(N)=O)c4n3[nH]2)CC1. The number of fused-ring (bicyclic) bond motifs is 3. The van der Waals surface area contributed by atoms with Crippen molar-refractivity contribution in [3.05, 3.63) is 35.3 Å². The number of aromatic amines is 1. The summed E-state index contributed by atoms with van der Waals surface area (Å²) in [5, 5.41) is 3.34. The van der Waals surface area contributed by atoms with E-state index in [0.717, 1.165) is 38.2 Å². The van der Waals surface area contributed by atoms with Crippen LogP contribution in [0.15, 0.2) is 18.2 Å². The Hall–Kier alpha value is -2.41. The Bertz CT molecular complexity index is 920. The largest absolute Gasteiger partial charge is 0.366 e. The van der Waals surface area contributed by atoms with Gasteiger partial charge in [-0.1, -0.05) is 6.92 Å². The quantitative estimate of drug-likeness (QED) is 0.773. The van der Waals surface area contributed by atoms with Crippen LogP contribution in [0.2, 0.25) is 0 Å². The van der Waals surface area contributed by atoms with Crippen molar-refractivity contribution in [1.29, 1.82) is 0 Å². The van der Waals surface area contributed by atoms with E-state index in [1.54, 1.807) is 4.52 Å². The summed E-state index contributed by atoms with van der Waals surface area (Å²) >= 11 is 0. The number of hydrogen-bond donors (Lipinski definition) is 2. The number of piperidine rings is 1. The maximum Gasteiger partial charge on any atom is 0.251 e. The molecular weight excluding hydrogens is 309 g/mol. The number of nitrogens with zero attached hydrogens (tertiary/aromatic N) is 3. The Balaban J connectivity index is 1.78. The van der Waals surface area contributed by atoms with Gasteiger partial charge in [0.2, 0.25) is 0 Å². The second kappa shape index (κ2) is 5.59. The Labute approximate surface area is 138 Å². The number of likely N-dealkylation sites (tertiary alicyclic amines) is 1. The molecule has 1 aromatic carbocycles. The molecule has 1 amide bonds. The lowest BCUT2D eigenvalue weighted by Crippen LogP contribution is -2.32. The lowest BCUT2D eigenvalue weighted by molar-refractivity contribution is 0.100. The number of hydrogen-bond acceptors (Lipinski definition) is 3. The molecule has 0 atom stereocenters. The van der Waals surface area contributed by atoms with E-state index in [4.69, 9.17) is 5.73 Å². The lowest BCUT2D eigenvalue weighted by Gasteiger charge is -2.30. The molecule has 1 saturated heterocycles. The van der Waals surface area contributed by atoms with E-state index >= 15 is 0 Å². The third kappa shape index (κ3) is 2.36. The van der Waals surface area contributed by atoms with Crippen LogP contribution in [0.3, 0.4) is 0 Å². The number of benzene rings is 1. The monoisotopic (exact) mass is 329 g/mol. The van der Waals surface area contributed by atoms with Crippen molar-refractivity contribution < 1.29 is 9.18 Å². The van der Waals surface area contributed by atoms with Gasteiger partial charge in [-0.2, -0.15) is 0 Å². The van der Waals surface area contributed by atoms with Crippen molar-refractivity contribution in [3.8, 4) is 0 Å². The molecular formula is C17H20FN5O. The summed E-state index contributed by atoms with van der Waals surface area (Å²) in [6.45, 7) is 5.43. The first-order valence-corrected chi connectivity index (χ1v) is 8.29. The summed E-state index contributed by atoms with van der Waals surface area (Å²) < 4.78 is 15.4. The van der Waals surface area contributed by atoms with Crippen molar-refractivity contribution in [2.24, 2.45) is 5.73 Å². The standard InChI is InChI=1S/C17H20FN5O/c1-2-22-5-3-10(4-6-22)13-9-15-20-14-8-11(18)7-12(17(19)24)16(14)23(15)21-13/h7-10,21H,2-6H2,1H3,(H2,19,24). The molecule has 1 aliphatic rings. The predicted octanol–water partition coefficient (Wildman–Crippen LogP) is 2.25. The van der Waals surface area contributed by atoms with E-state index in [1.165, 1.54) is 12.1 Å². The molecule has 0 bridgehead atoms. The normalized spacial score (nSPS) is 17.1. The molecule has 0 spiro atoms. The fraction of sp³-hybridized carbons (Fsp3) is 0.412. The van der Waals surface area contributed by atoms with Crippen molar-refractivity contribution in [3.63, 3.8) is 0 Å². The van der Waals surface area contributed by atoms with Crippen molar-refractivity contribution in [2.45, 2.75) is 25.7 Å². The number of nitrogens with two attached hydrogens (primary N) is 1. The van der Waals surface area contributed by atoms with Crippen LogP contribution in [0.1, 0.15) is 41.7 Å². The lowest BCUT2D eigenvalue weighted by atomic mass is 9.94. The fourth-order valence-corrected chi connectivity index (χ4v) is 3.66. The minimum Gasteiger partial charge on any atom is -0.366 e. The van der Waals surface area contributed by atoms with E-state index in [2.05, 4.69) is 21.9 Å². The molecule has 1 aliphatic heterocycles. The number of amides is 1. The molecule has 0 saturated carbocycles.